The summed E-state index contributed by atoms with van der Waals surface area (Å²) in [4.78, 5) is 0. The fraction of sp³-hybridized carbons (Fsp3) is 1.00. The summed E-state index contributed by atoms with van der Waals surface area (Å²) in [6, 6.07) is 0. The van der Waals surface area contributed by atoms with Crippen molar-refractivity contribution in [3.05, 3.63) is 0 Å². The molecule has 2 nitrogen and oxygen atoms in total. The van der Waals surface area contributed by atoms with Gasteiger partial charge in [0.15, 0.2) is 0 Å². The zero-order valence-corrected chi connectivity index (χ0v) is 6.76. The van der Waals surface area contributed by atoms with Crippen molar-refractivity contribution in [3.63, 3.8) is 0 Å². The van der Waals surface area contributed by atoms with Gasteiger partial charge >= 0.3 is 0 Å². The maximum Gasteiger partial charge on any atom is 0.0547 e. The second-order valence-corrected chi connectivity index (χ2v) is 3.63. The van der Waals surface area contributed by atoms with E-state index in [1.165, 1.54) is 0 Å². The molecule has 0 bridgehead atoms. The summed E-state index contributed by atoms with van der Waals surface area (Å²) >= 11 is 0. The molecule has 0 aromatic rings. The lowest BCUT2D eigenvalue weighted by Crippen LogP contribution is -2.35. The Kier molecular flexibility index (Phi) is 2.32. The summed E-state index contributed by atoms with van der Waals surface area (Å²) < 4.78 is 5.42. The summed E-state index contributed by atoms with van der Waals surface area (Å²) in [6.07, 6.45) is 2.56. The van der Waals surface area contributed by atoms with E-state index in [0.717, 1.165) is 12.8 Å². The molecule has 1 fully saturated rings. The normalized spacial score (nSPS) is 41.7. The molecule has 2 atom stereocenters. The Hall–Kier alpha value is -0.0800. The highest BCUT2D eigenvalue weighted by molar-refractivity contribution is 4.78. The van der Waals surface area contributed by atoms with Crippen LogP contribution in [-0.2, 0) is 4.74 Å². The van der Waals surface area contributed by atoms with Crippen molar-refractivity contribution in [3.8, 4) is 0 Å². The number of hydrogen-bond acceptors (Lipinski definition) is 2. The van der Waals surface area contributed by atoms with Gasteiger partial charge in [-0.1, -0.05) is 6.92 Å². The van der Waals surface area contributed by atoms with Crippen LogP contribution >= 0.6 is 0 Å². The number of aliphatic hydroxyl groups excluding tert-OH is 1. The Bertz CT molecular complexity index is 104. The van der Waals surface area contributed by atoms with Gasteiger partial charge in [-0.15, -0.1) is 0 Å². The molecule has 0 aliphatic carbocycles. The van der Waals surface area contributed by atoms with Crippen LogP contribution in [0.25, 0.3) is 0 Å². The van der Waals surface area contributed by atoms with Gasteiger partial charge < -0.3 is 9.84 Å². The van der Waals surface area contributed by atoms with Crippen molar-refractivity contribution in [2.75, 3.05) is 13.2 Å². The number of rotatable bonds is 1. The minimum atomic E-state index is 0.0342. The van der Waals surface area contributed by atoms with E-state index >= 15 is 0 Å². The van der Waals surface area contributed by atoms with Crippen molar-refractivity contribution in [2.45, 2.75) is 32.8 Å². The molecule has 1 saturated heterocycles. The van der Waals surface area contributed by atoms with Crippen LogP contribution in [0.4, 0.5) is 0 Å². The molecule has 1 N–H and O–H groups in total. The van der Waals surface area contributed by atoms with Gasteiger partial charge in [0.2, 0.25) is 0 Å². The van der Waals surface area contributed by atoms with Crippen LogP contribution in [0.2, 0.25) is 0 Å². The van der Waals surface area contributed by atoms with Gasteiger partial charge in [-0.3, -0.25) is 0 Å². The molecule has 0 spiro atoms. The van der Waals surface area contributed by atoms with Gasteiger partial charge in [0.05, 0.1) is 19.3 Å². The van der Waals surface area contributed by atoms with Crippen LogP contribution in [0.3, 0.4) is 0 Å². The van der Waals surface area contributed by atoms with Crippen LogP contribution in [-0.4, -0.2) is 24.4 Å². The van der Waals surface area contributed by atoms with E-state index in [-0.39, 0.29) is 12.0 Å². The molecule has 1 aliphatic heterocycles. The Morgan fingerprint density at radius 1 is 1.70 bits per heavy atom. The number of aliphatic hydroxyl groups is 1. The second-order valence-electron chi connectivity index (χ2n) is 3.63. The monoisotopic (exact) mass is 144 g/mol. The predicted octanol–water partition coefficient (Wildman–Crippen LogP) is 1.18. The summed E-state index contributed by atoms with van der Waals surface area (Å²) in [5, 5.41) is 8.96. The first-order valence-corrected chi connectivity index (χ1v) is 3.89. The van der Waals surface area contributed by atoms with Crippen molar-refractivity contribution in [1.29, 1.82) is 0 Å². The summed E-state index contributed by atoms with van der Waals surface area (Å²) in [6.45, 7) is 5.11. The molecule has 60 valence electrons. The Labute approximate surface area is 62.2 Å². The zero-order valence-electron chi connectivity index (χ0n) is 6.76. The second kappa shape index (κ2) is 2.89. The maximum absolute atomic E-state index is 8.96. The fourth-order valence-corrected chi connectivity index (χ4v) is 1.18. The molecule has 0 amide bonds. The van der Waals surface area contributed by atoms with Gasteiger partial charge in [-0.25, -0.2) is 0 Å². The highest BCUT2D eigenvalue weighted by Gasteiger charge is 2.29. The molecule has 1 heterocycles. The molecule has 10 heavy (non-hydrogen) atoms. The lowest BCUT2D eigenvalue weighted by molar-refractivity contribution is -0.0669. The fourth-order valence-electron chi connectivity index (χ4n) is 1.18. The quantitative estimate of drug-likeness (QED) is 0.599. The van der Waals surface area contributed by atoms with Crippen LogP contribution in [0, 0.1) is 5.41 Å². The summed E-state index contributed by atoms with van der Waals surface area (Å²) in [7, 11) is 0. The number of hydrogen-bond donors (Lipinski definition) is 1. The highest BCUT2D eigenvalue weighted by atomic mass is 16.5. The van der Waals surface area contributed by atoms with Crippen LogP contribution in [0.15, 0.2) is 0 Å². The SMILES string of the molecule is C[C@@H]1CC[C@@](C)(CO)CO1. The largest absolute Gasteiger partial charge is 0.396 e. The van der Waals surface area contributed by atoms with Crippen molar-refractivity contribution < 1.29 is 9.84 Å². The van der Waals surface area contributed by atoms with Crippen molar-refractivity contribution in [2.24, 2.45) is 5.41 Å². The topological polar surface area (TPSA) is 29.5 Å². The smallest absolute Gasteiger partial charge is 0.0547 e. The molecule has 0 radical (unpaired) electrons. The lowest BCUT2D eigenvalue weighted by atomic mass is 9.84. The van der Waals surface area contributed by atoms with Crippen LogP contribution < -0.4 is 0 Å². The highest BCUT2D eigenvalue weighted by Crippen LogP contribution is 2.29. The molecule has 2 heteroatoms. The van der Waals surface area contributed by atoms with E-state index in [4.69, 9.17) is 9.84 Å². The Morgan fingerprint density at radius 3 is 2.80 bits per heavy atom. The molecule has 0 aromatic heterocycles. The standard InChI is InChI=1S/C8H16O2/c1-7-3-4-8(2,5-9)6-10-7/h7,9H,3-6H2,1-2H3/t7-,8+/m1/s1. The van der Waals surface area contributed by atoms with Gasteiger partial charge in [0.1, 0.15) is 0 Å². The average molecular weight is 144 g/mol. The number of ether oxygens (including phenoxy) is 1. The molecular weight excluding hydrogens is 128 g/mol. The Morgan fingerprint density at radius 2 is 2.40 bits per heavy atom. The predicted molar refractivity (Wildman–Crippen MR) is 39.8 cm³/mol. The minimum Gasteiger partial charge on any atom is -0.396 e. The maximum atomic E-state index is 8.96. The summed E-state index contributed by atoms with van der Waals surface area (Å²) in [5.74, 6) is 0. The third-order valence-corrected chi connectivity index (χ3v) is 2.25. The van der Waals surface area contributed by atoms with E-state index in [0.29, 0.717) is 12.7 Å². The zero-order chi connectivity index (χ0) is 7.61. The first-order chi connectivity index (χ1) is 4.66. The van der Waals surface area contributed by atoms with E-state index in [1.54, 1.807) is 0 Å². The molecule has 0 unspecified atom stereocenters. The lowest BCUT2D eigenvalue weighted by Gasteiger charge is -2.34. The van der Waals surface area contributed by atoms with Gasteiger partial charge in [0, 0.05) is 5.41 Å². The molecular formula is C8H16O2. The van der Waals surface area contributed by atoms with E-state index in [9.17, 15) is 0 Å². The van der Waals surface area contributed by atoms with Crippen molar-refractivity contribution >= 4 is 0 Å². The van der Waals surface area contributed by atoms with Crippen molar-refractivity contribution in [1.82, 2.24) is 0 Å². The molecule has 1 aliphatic rings. The average Bonchev–Trinajstić information content (AvgIpc) is 1.96. The van der Waals surface area contributed by atoms with Gasteiger partial charge in [-0.05, 0) is 19.8 Å². The van der Waals surface area contributed by atoms with E-state index in [1.807, 2.05) is 0 Å². The Balaban J connectivity index is 2.38. The molecule has 1 rings (SSSR count). The van der Waals surface area contributed by atoms with E-state index in [2.05, 4.69) is 13.8 Å². The van der Waals surface area contributed by atoms with Gasteiger partial charge in [-0.2, -0.15) is 0 Å². The van der Waals surface area contributed by atoms with E-state index < -0.39 is 0 Å². The summed E-state index contributed by atoms with van der Waals surface area (Å²) in [5.41, 5.74) is 0.0342. The van der Waals surface area contributed by atoms with Gasteiger partial charge in [0.25, 0.3) is 0 Å². The first kappa shape index (κ1) is 8.02. The third kappa shape index (κ3) is 1.70. The first-order valence-electron chi connectivity index (χ1n) is 3.89. The molecule has 0 aromatic carbocycles. The third-order valence-electron chi connectivity index (χ3n) is 2.25. The minimum absolute atomic E-state index is 0.0342. The van der Waals surface area contributed by atoms with Crippen LogP contribution in [0.1, 0.15) is 26.7 Å². The molecule has 0 saturated carbocycles. The van der Waals surface area contributed by atoms with Crippen LogP contribution in [0.5, 0.6) is 0 Å².